The summed E-state index contributed by atoms with van der Waals surface area (Å²) in [7, 11) is 3.55. The zero-order chi connectivity index (χ0) is 9.47. The molecule has 2 saturated heterocycles. The molecule has 1 spiro atoms. The van der Waals surface area contributed by atoms with Crippen molar-refractivity contribution in [3.05, 3.63) is 0 Å². The van der Waals surface area contributed by atoms with Crippen LogP contribution in [-0.4, -0.2) is 51.2 Å². The first-order chi connectivity index (χ1) is 6.18. The average Bonchev–Trinajstić information content (AvgIpc) is 2.47. The predicted molar refractivity (Wildman–Crippen MR) is 48.3 cm³/mol. The van der Waals surface area contributed by atoms with Crippen molar-refractivity contribution in [2.75, 3.05) is 40.3 Å². The Bertz CT molecular complexity index is 224. The van der Waals surface area contributed by atoms with Crippen LogP contribution < -0.4 is 5.32 Å². The number of likely N-dealkylation sites (tertiary alicyclic amines) is 1. The van der Waals surface area contributed by atoms with E-state index in [9.17, 15) is 4.79 Å². The zero-order valence-electron chi connectivity index (χ0n) is 8.17. The number of carbonyl (C=O) groups is 1. The number of hydrogen-bond acceptors (Lipinski definition) is 4. The highest BCUT2D eigenvalue weighted by Gasteiger charge is 2.53. The van der Waals surface area contributed by atoms with Crippen LogP contribution >= 0.6 is 0 Å². The molecule has 2 fully saturated rings. The lowest BCUT2D eigenvalue weighted by Gasteiger charge is -2.48. The number of nitrogens with one attached hydrogen (secondary N) is 1. The van der Waals surface area contributed by atoms with Gasteiger partial charge in [-0.15, -0.1) is 0 Å². The van der Waals surface area contributed by atoms with E-state index in [1.807, 2.05) is 0 Å². The maximum atomic E-state index is 11.4. The molecule has 0 aliphatic carbocycles. The van der Waals surface area contributed by atoms with Crippen molar-refractivity contribution in [3.8, 4) is 0 Å². The van der Waals surface area contributed by atoms with Crippen molar-refractivity contribution < 1.29 is 9.53 Å². The molecule has 13 heavy (non-hydrogen) atoms. The van der Waals surface area contributed by atoms with Crippen LogP contribution in [0.25, 0.3) is 0 Å². The lowest BCUT2D eigenvalue weighted by Crippen LogP contribution is -2.60. The molecule has 0 radical (unpaired) electrons. The van der Waals surface area contributed by atoms with Crippen LogP contribution in [0.2, 0.25) is 0 Å². The molecular formula is C9H16N2O2. The van der Waals surface area contributed by atoms with Crippen LogP contribution in [0.15, 0.2) is 0 Å². The van der Waals surface area contributed by atoms with Gasteiger partial charge in [-0.2, -0.15) is 0 Å². The summed E-state index contributed by atoms with van der Waals surface area (Å²) >= 11 is 0. The fraction of sp³-hybridized carbons (Fsp3) is 0.889. The molecule has 1 N–H and O–H groups in total. The molecule has 2 aliphatic heterocycles. The summed E-state index contributed by atoms with van der Waals surface area (Å²) in [5, 5.41) is 3.27. The van der Waals surface area contributed by atoms with Crippen molar-refractivity contribution in [1.29, 1.82) is 0 Å². The first-order valence-corrected chi connectivity index (χ1v) is 4.65. The Kier molecular flexibility index (Phi) is 2.04. The number of methoxy groups -OCH3 is 1. The second-order valence-electron chi connectivity index (χ2n) is 4.24. The van der Waals surface area contributed by atoms with Crippen LogP contribution in [0, 0.1) is 11.3 Å². The second-order valence-corrected chi connectivity index (χ2v) is 4.24. The first kappa shape index (κ1) is 8.97. The normalized spacial score (nSPS) is 31.7. The molecule has 0 saturated carbocycles. The van der Waals surface area contributed by atoms with Crippen molar-refractivity contribution in [1.82, 2.24) is 10.2 Å². The summed E-state index contributed by atoms with van der Waals surface area (Å²) in [5.41, 5.74) is 0.168. The van der Waals surface area contributed by atoms with Gasteiger partial charge in [-0.3, -0.25) is 4.79 Å². The van der Waals surface area contributed by atoms with Gasteiger partial charge in [0.2, 0.25) is 0 Å². The number of carbonyl (C=O) groups excluding carboxylic acids is 1. The molecule has 2 aliphatic rings. The molecule has 1 atom stereocenters. The Hall–Kier alpha value is -0.610. The van der Waals surface area contributed by atoms with Gasteiger partial charge in [0.25, 0.3) is 0 Å². The third-order valence-corrected chi connectivity index (χ3v) is 3.22. The van der Waals surface area contributed by atoms with Gasteiger partial charge in [-0.25, -0.2) is 0 Å². The molecule has 0 bridgehead atoms. The summed E-state index contributed by atoms with van der Waals surface area (Å²) < 4.78 is 4.80. The zero-order valence-corrected chi connectivity index (χ0v) is 8.17. The van der Waals surface area contributed by atoms with Crippen molar-refractivity contribution in [2.24, 2.45) is 11.3 Å². The maximum Gasteiger partial charge on any atom is 0.310 e. The number of hydrogen-bond donors (Lipinski definition) is 1. The maximum absolute atomic E-state index is 11.4. The predicted octanol–water partition coefficient (Wildman–Crippen LogP) is -0.689. The molecule has 74 valence electrons. The molecule has 4 nitrogen and oxygen atoms in total. The molecule has 0 amide bonds. The van der Waals surface area contributed by atoms with E-state index in [1.165, 1.54) is 7.11 Å². The molecule has 2 rings (SSSR count). The average molecular weight is 184 g/mol. The van der Waals surface area contributed by atoms with E-state index in [2.05, 4.69) is 17.3 Å². The lowest BCUT2D eigenvalue weighted by molar-refractivity contribution is -0.152. The number of esters is 1. The topological polar surface area (TPSA) is 41.6 Å². The van der Waals surface area contributed by atoms with E-state index >= 15 is 0 Å². The fourth-order valence-corrected chi connectivity index (χ4v) is 2.64. The Morgan fingerprint density at radius 2 is 2.31 bits per heavy atom. The largest absolute Gasteiger partial charge is 0.469 e. The fourth-order valence-electron chi connectivity index (χ4n) is 2.64. The van der Waals surface area contributed by atoms with Crippen LogP contribution in [-0.2, 0) is 9.53 Å². The molecule has 0 aromatic rings. The minimum absolute atomic E-state index is 0.0573. The van der Waals surface area contributed by atoms with E-state index in [4.69, 9.17) is 4.74 Å². The van der Waals surface area contributed by atoms with E-state index in [1.54, 1.807) is 0 Å². The van der Waals surface area contributed by atoms with Crippen LogP contribution in [0.1, 0.15) is 0 Å². The quantitative estimate of drug-likeness (QED) is 0.548. The van der Waals surface area contributed by atoms with Crippen molar-refractivity contribution >= 4 is 5.97 Å². The van der Waals surface area contributed by atoms with Gasteiger partial charge in [0, 0.05) is 31.6 Å². The minimum Gasteiger partial charge on any atom is -0.469 e. The van der Waals surface area contributed by atoms with E-state index in [-0.39, 0.29) is 17.3 Å². The van der Waals surface area contributed by atoms with E-state index < -0.39 is 0 Å². The molecule has 4 heteroatoms. The highest BCUT2D eigenvalue weighted by atomic mass is 16.5. The van der Waals surface area contributed by atoms with E-state index in [0.29, 0.717) is 0 Å². The molecular weight excluding hydrogens is 168 g/mol. The Balaban J connectivity index is 2.07. The summed E-state index contributed by atoms with van der Waals surface area (Å²) in [6.45, 7) is 3.76. The number of nitrogens with zero attached hydrogens (tertiary/aromatic N) is 1. The Labute approximate surface area is 78.2 Å². The van der Waals surface area contributed by atoms with Gasteiger partial charge in [-0.05, 0) is 7.05 Å². The smallest absolute Gasteiger partial charge is 0.310 e. The monoisotopic (exact) mass is 184 g/mol. The Morgan fingerprint density at radius 3 is 2.85 bits per heavy atom. The summed E-state index contributed by atoms with van der Waals surface area (Å²) in [4.78, 5) is 13.7. The summed E-state index contributed by atoms with van der Waals surface area (Å²) in [6.07, 6.45) is 0. The van der Waals surface area contributed by atoms with Gasteiger partial charge in [-0.1, -0.05) is 0 Å². The van der Waals surface area contributed by atoms with Gasteiger partial charge in [0.15, 0.2) is 0 Å². The van der Waals surface area contributed by atoms with Crippen LogP contribution in [0.5, 0.6) is 0 Å². The number of ether oxygens (including phenoxy) is 1. The summed E-state index contributed by atoms with van der Waals surface area (Å²) in [5.74, 6) is 0.00630. The molecule has 0 aromatic heterocycles. The molecule has 2 heterocycles. The second kappa shape index (κ2) is 2.96. The highest BCUT2D eigenvalue weighted by Crippen LogP contribution is 2.40. The van der Waals surface area contributed by atoms with Crippen LogP contribution in [0.4, 0.5) is 0 Å². The van der Waals surface area contributed by atoms with Crippen molar-refractivity contribution in [3.63, 3.8) is 0 Å². The third-order valence-electron chi connectivity index (χ3n) is 3.22. The minimum atomic E-state index is -0.0573. The summed E-state index contributed by atoms with van der Waals surface area (Å²) in [6, 6.07) is 0. The van der Waals surface area contributed by atoms with Gasteiger partial charge in [0.1, 0.15) is 0 Å². The van der Waals surface area contributed by atoms with Gasteiger partial charge >= 0.3 is 5.97 Å². The highest BCUT2D eigenvalue weighted by molar-refractivity contribution is 5.74. The van der Waals surface area contributed by atoms with Crippen LogP contribution in [0.3, 0.4) is 0 Å². The lowest BCUT2D eigenvalue weighted by atomic mass is 9.72. The molecule has 0 aromatic carbocycles. The SMILES string of the molecule is COC(=O)C1CNCC12CN(C)C2. The molecule has 1 unspecified atom stereocenters. The first-order valence-electron chi connectivity index (χ1n) is 4.65. The Morgan fingerprint density at radius 1 is 1.62 bits per heavy atom. The van der Waals surface area contributed by atoms with E-state index in [0.717, 1.165) is 26.2 Å². The van der Waals surface area contributed by atoms with Crippen molar-refractivity contribution in [2.45, 2.75) is 0 Å². The van der Waals surface area contributed by atoms with Gasteiger partial charge in [0.05, 0.1) is 13.0 Å². The number of rotatable bonds is 1. The van der Waals surface area contributed by atoms with Gasteiger partial charge < -0.3 is 15.0 Å². The standard InChI is InChI=1S/C9H16N2O2/c1-11-5-9(6-11)4-10-3-7(9)8(12)13-2/h7,10H,3-6H2,1-2H3. The third kappa shape index (κ3) is 1.25.